The van der Waals surface area contributed by atoms with E-state index in [1.807, 2.05) is 6.92 Å². The van der Waals surface area contributed by atoms with Crippen molar-refractivity contribution in [1.82, 2.24) is 15.6 Å². The average molecular weight is 250 g/mol. The van der Waals surface area contributed by atoms with E-state index in [-0.39, 0.29) is 18.4 Å². The van der Waals surface area contributed by atoms with Gasteiger partial charge in [-0.2, -0.15) is 0 Å². The van der Waals surface area contributed by atoms with Crippen molar-refractivity contribution in [3.8, 4) is 0 Å². The summed E-state index contributed by atoms with van der Waals surface area (Å²) in [6.07, 6.45) is 2.46. The number of anilines is 1. The first-order valence-electron chi connectivity index (χ1n) is 5.86. The minimum atomic E-state index is -0.320. The Kier molecular flexibility index (Phi) is 5.63. The van der Waals surface area contributed by atoms with Gasteiger partial charge >= 0.3 is 0 Å². The minimum absolute atomic E-state index is 0.0309. The second kappa shape index (κ2) is 7.26. The standard InChI is InChI=1S/C12H18N4O2/c1-3-6-14-10(17)8-16-12(18)9-5-4-7-15-11(9)13-2/h4-5,7H,3,6,8H2,1-2H3,(H,13,15)(H,14,17)(H,16,18). The molecule has 0 aliphatic heterocycles. The molecule has 98 valence electrons. The van der Waals surface area contributed by atoms with E-state index >= 15 is 0 Å². The summed E-state index contributed by atoms with van der Waals surface area (Å²) < 4.78 is 0. The Bertz CT molecular complexity index is 420. The summed E-state index contributed by atoms with van der Waals surface area (Å²) in [6, 6.07) is 3.32. The number of hydrogen-bond acceptors (Lipinski definition) is 4. The lowest BCUT2D eigenvalue weighted by molar-refractivity contribution is -0.120. The fraction of sp³-hybridized carbons (Fsp3) is 0.417. The molecular weight excluding hydrogens is 232 g/mol. The highest BCUT2D eigenvalue weighted by Crippen LogP contribution is 2.09. The first kappa shape index (κ1) is 14.0. The van der Waals surface area contributed by atoms with E-state index in [1.165, 1.54) is 0 Å². The fourth-order valence-corrected chi connectivity index (χ4v) is 1.37. The molecular formula is C12H18N4O2. The van der Waals surface area contributed by atoms with Gasteiger partial charge < -0.3 is 16.0 Å². The molecule has 0 bridgehead atoms. The van der Waals surface area contributed by atoms with Crippen molar-refractivity contribution in [2.75, 3.05) is 25.5 Å². The molecule has 0 fully saturated rings. The van der Waals surface area contributed by atoms with E-state index in [2.05, 4.69) is 20.9 Å². The fourth-order valence-electron chi connectivity index (χ4n) is 1.37. The summed E-state index contributed by atoms with van der Waals surface area (Å²) in [7, 11) is 1.69. The van der Waals surface area contributed by atoms with Gasteiger partial charge in [0.1, 0.15) is 5.82 Å². The summed E-state index contributed by atoms with van der Waals surface area (Å²) >= 11 is 0. The predicted molar refractivity (Wildman–Crippen MR) is 69.4 cm³/mol. The van der Waals surface area contributed by atoms with Crippen LogP contribution in [0.5, 0.6) is 0 Å². The molecule has 3 N–H and O–H groups in total. The van der Waals surface area contributed by atoms with Gasteiger partial charge in [0, 0.05) is 19.8 Å². The normalized spacial score (nSPS) is 9.67. The van der Waals surface area contributed by atoms with Crippen LogP contribution in [0.2, 0.25) is 0 Å². The van der Waals surface area contributed by atoms with Crippen molar-refractivity contribution in [3.05, 3.63) is 23.9 Å². The van der Waals surface area contributed by atoms with E-state index in [1.54, 1.807) is 25.4 Å². The quantitative estimate of drug-likeness (QED) is 0.681. The van der Waals surface area contributed by atoms with Crippen LogP contribution >= 0.6 is 0 Å². The molecule has 1 aromatic heterocycles. The molecule has 1 aromatic rings. The maximum Gasteiger partial charge on any atom is 0.255 e. The van der Waals surface area contributed by atoms with E-state index in [0.29, 0.717) is 17.9 Å². The number of amides is 2. The Labute approximate surface area is 106 Å². The van der Waals surface area contributed by atoms with Crippen molar-refractivity contribution in [3.63, 3.8) is 0 Å². The first-order chi connectivity index (χ1) is 8.69. The molecule has 0 saturated heterocycles. The van der Waals surface area contributed by atoms with Crippen LogP contribution in [0.3, 0.4) is 0 Å². The molecule has 0 unspecified atom stereocenters. The summed E-state index contributed by atoms with van der Waals surface area (Å²) in [6.45, 7) is 2.55. The molecule has 0 aromatic carbocycles. The number of pyridine rings is 1. The van der Waals surface area contributed by atoms with Crippen molar-refractivity contribution < 1.29 is 9.59 Å². The maximum absolute atomic E-state index is 11.8. The largest absolute Gasteiger partial charge is 0.372 e. The molecule has 18 heavy (non-hydrogen) atoms. The van der Waals surface area contributed by atoms with E-state index in [4.69, 9.17) is 0 Å². The van der Waals surface area contributed by atoms with Crippen molar-refractivity contribution in [2.45, 2.75) is 13.3 Å². The number of nitrogens with zero attached hydrogens (tertiary/aromatic N) is 1. The summed E-state index contributed by atoms with van der Waals surface area (Å²) in [5, 5.41) is 8.06. The van der Waals surface area contributed by atoms with Gasteiger partial charge in [-0.1, -0.05) is 6.92 Å². The lowest BCUT2D eigenvalue weighted by Crippen LogP contribution is -2.37. The summed E-state index contributed by atoms with van der Waals surface area (Å²) in [4.78, 5) is 27.2. The van der Waals surface area contributed by atoms with Crippen LogP contribution in [0.4, 0.5) is 5.82 Å². The first-order valence-corrected chi connectivity index (χ1v) is 5.86. The molecule has 2 amide bonds. The summed E-state index contributed by atoms with van der Waals surface area (Å²) in [5.41, 5.74) is 0.420. The van der Waals surface area contributed by atoms with Gasteiger partial charge in [-0.25, -0.2) is 4.98 Å². The number of hydrogen-bond donors (Lipinski definition) is 3. The van der Waals surface area contributed by atoms with Crippen molar-refractivity contribution >= 4 is 17.6 Å². The smallest absolute Gasteiger partial charge is 0.255 e. The molecule has 0 atom stereocenters. The highest BCUT2D eigenvalue weighted by molar-refractivity contribution is 6.00. The van der Waals surface area contributed by atoms with Crippen LogP contribution in [0.25, 0.3) is 0 Å². The average Bonchev–Trinajstić information content (AvgIpc) is 2.42. The number of carbonyl (C=O) groups excluding carboxylic acids is 2. The monoisotopic (exact) mass is 250 g/mol. The van der Waals surface area contributed by atoms with Crippen LogP contribution in [0.15, 0.2) is 18.3 Å². The van der Waals surface area contributed by atoms with Crippen LogP contribution < -0.4 is 16.0 Å². The number of rotatable bonds is 6. The molecule has 0 spiro atoms. The molecule has 1 heterocycles. The zero-order valence-corrected chi connectivity index (χ0v) is 10.6. The van der Waals surface area contributed by atoms with Gasteiger partial charge in [0.25, 0.3) is 5.91 Å². The van der Waals surface area contributed by atoms with E-state index in [9.17, 15) is 9.59 Å². The topological polar surface area (TPSA) is 83.1 Å². The van der Waals surface area contributed by atoms with Gasteiger partial charge in [-0.15, -0.1) is 0 Å². The predicted octanol–water partition coefficient (Wildman–Crippen LogP) is 0.379. The zero-order valence-electron chi connectivity index (χ0n) is 10.6. The highest BCUT2D eigenvalue weighted by Gasteiger charge is 2.11. The molecule has 6 nitrogen and oxygen atoms in total. The van der Waals surface area contributed by atoms with Crippen LogP contribution in [-0.2, 0) is 4.79 Å². The SMILES string of the molecule is CCCNC(=O)CNC(=O)c1cccnc1NC. The Morgan fingerprint density at radius 2 is 2.11 bits per heavy atom. The van der Waals surface area contributed by atoms with Gasteiger partial charge in [0.05, 0.1) is 12.1 Å². The lowest BCUT2D eigenvalue weighted by Gasteiger charge is -2.08. The third-order valence-corrected chi connectivity index (χ3v) is 2.27. The molecule has 0 aliphatic carbocycles. The Morgan fingerprint density at radius 3 is 2.78 bits per heavy atom. The van der Waals surface area contributed by atoms with E-state index in [0.717, 1.165) is 6.42 Å². The minimum Gasteiger partial charge on any atom is -0.372 e. The summed E-state index contributed by atoms with van der Waals surface area (Å²) in [5.74, 6) is -0.0248. The second-order valence-electron chi connectivity index (χ2n) is 3.68. The van der Waals surface area contributed by atoms with Gasteiger partial charge in [-0.3, -0.25) is 9.59 Å². The number of aromatic nitrogens is 1. The Balaban J connectivity index is 2.52. The Morgan fingerprint density at radius 1 is 1.33 bits per heavy atom. The second-order valence-corrected chi connectivity index (χ2v) is 3.68. The molecule has 0 aliphatic rings. The molecule has 6 heteroatoms. The molecule has 0 saturated carbocycles. The van der Waals surface area contributed by atoms with Gasteiger partial charge in [0.2, 0.25) is 5.91 Å². The third kappa shape index (κ3) is 4.04. The Hall–Kier alpha value is -2.11. The van der Waals surface area contributed by atoms with Crippen molar-refractivity contribution in [2.24, 2.45) is 0 Å². The van der Waals surface area contributed by atoms with Crippen LogP contribution in [0.1, 0.15) is 23.7 Å². The number of nitrogens with one attached hydrogen (secondary N) is 3. The van der Waals surface area contributed by atoms with Gasteiger partial charge in [-0.05, 0) is 18.6 Å². The third-order valence-electron chi connectivity index (χ3n) is 2.27. The lowest BCUT2D eigenvalue weighted by atomic mass is 10.2. The zero-order chi connectivity index (χ0) is 13.4. The molecule has 1 rings (SSSR count). The molecule has 0 radical (unpaired) electrons. The van der Waals surface area contributed by atoms with Crippen LogP contribution in [0, 0.1) is 0 Å². The highest BCUT2D eigenvalue weighted by atomic mass is 16.2. The number of carbonyl (C=O) groups is 2. The van der Waals surface area contributed by atoms with Crippen molar-refractivity contribution in [1.29, 1.82) is 0 Å². The maximum atomic E-state index is 11.8. The van der Waals surface area contributed by atoms with Gasteiger partial charge in [0.15, 0.2) is 0 Å². The van der Waals surface area contributed by atoms with E-state index < -0.39 is 0 Å². The van der Waals surface area contributed by atoms with Crippen LogP contribution in [-0.4, -0.2) is 36.9 Å².